The van der Waals surface area contributed by atoms with E-state index in [1.807, 2.05) is 19.1 Å². The first kappa shape index (κ1) is 18.1. The van der Waals surface area contributed by atoms with Crippen LogP contribution < -0.4 is 0 Å². The second-order valence-corrected chi connectivity index (χ2v) is 5.69. The molecular formula is C19H22O2S. The van der Waals surface area contributed by atoms with E-state index in [2.05, 4.69) is 31.4 Å². The molecule has 0 aliphatic heterocycles. The van der Waals surface area contributed by atoms with Crippen molar-refractivity contribution in [1.29, 1.82) is 0 Å². The molecule has 1 rings (SSSR count). The molecule has 1 aromatic carbocycles. The molecule has 0 saturated carbocycles. The molecule has 0 radical (unpaired) electrons. The van der Waals surface area contributed by atoms with Gasteiger partial charge in [0.15, 0.2) is 0 Å². The Morgan fingerprint density at radius 2 is 2.14 bits per heavy atom. The Balaban J connectivity index is 2.73. The molecule has 0 aliphatic rings. The monoisotopic (exact) mass is 314 g/mol. The van der Waals surface area contributed by atoms with Crippen molar-refractivity contribution in [2.45, 2.75) is 18.7 Å². The van der Waals surface area contributed by atoms with Crippen molar-refractivity contribution < 1.29 is 9.53 Å². The lowest BCUT2D eigenvalue weighted by molar-refractivity contribution is -0.137. The van der Waals surface area contributed by atoms with Crippen LogP contribution in [0, 0.1) is 6.92 Å². The number of ether oxygens (including phenoxy) is 1. The molecule has 0 fully saturated rings. The van der Waals surface area contributed by atoms with Gasteiger partial charge in [-0.2, -0.15) is 0 Å². The Bertz CT molecular complexity index is 597. The number of carbonyl (C=O) groups excluding carboxylic acids is 1. The van der Waals surface area contributed by atoms with Crippen LogP contribution in [-0.4, -0.2) is 18.3 Å². The summed E-state index contributed by atoms with van der Waals surface area (Å²) in [6.07, 6.45) is 8.83. The molecule has 0 aromatic heterocycles. The predicted octanol–water partition coefficient (Wildman–Crippen LogP) is 4.96. The quantitative estimate of drug-likeness (QED) is 0.293. The normalized spacial score (nSPS) is 11.0. The third-order valence-corrected chi connectivity index (χ3v) is 3.93. The topological polar surface area (TPSA) is 26.3 Å². The van der Waals surface area contributed by atoms with Crippen LogP contribution in [0.25, 0.3) is 6.08 Å². The number of allylic oxidation sites excluding steroid dienone is 3. The lowest BCUT2D eigenvalue weighted by Gasteiger charge is -2.06. The van der Waals surface area contributed by atoms with Gasteiger partial charge in [-0.15, -0.1) is 11.8 Å². The summed E-state index contributed by atoms with van der Waals surface area (Å²) in [6, 6.07) is 6.20. The van der Waals surface area contributed by atoms with Gasteiger partial charge < -0.3 is 4.74 Å². The van der Waals surface area contributed by atoms with E-state index < -0.39 is 0 Å². The maximum atomic E-state index is 11.4. The van der Waals surface area contributed by atoms with E-state index in [0.717, 1.165) is 27.3 Å². The van der Waals surface area contributed by atoms with Gasteiger partial charge >= 0.3 is 5.97 Å². The summed E-state index contributed by atoms with van der Waals surface area (Å²) >= 11 is 1.71. The lowest BCUT2D eigenvalue weighted by atomic mass is 10.1. The van der Waals surface area contributed by atoms with Gasteiger partial charge in [-0.25, -0.2) is 4.79 Å². The Hall–Kier alpha value is -2.00. The Morgan fingerprint density at radius 3 is 2.82 bits per heavy atom. The number of carbonyl (C=O) groups is 1. The van der Waals surface area contributed by atoms with Crippen LogP contribution >= 0.6 is 11.8 Å². The second kappa shape index (κ2) is 9.85. The molecule has 0 spiro atoms. The summed E-state index contributed by atoms with van der Waals surface area (Å²) in [5.41, 5.74) is 3.18. The molecule has 0 aliphatic carbocycles. The predicted molar refractivity (Wildman–Crippen MR) is 96.0 cm³/mol. The molecule has 0 unspecified atom stereocenters. The van der Waals surface area contributed by atoms with Gasteiger partial charge in [0, 0.05) is 16.7 Å². The highest BCUT2D eigenvalue weighted by Gasteiger charge is 2.01. The molecule has 116 valence electrons. The van der Waals surface area contributed by atoms with Crippen LogP contribution in [0.15, 0.2) is 66.1 Å². The van der Waals surface area contributed by atoms with Gasteiger partial charge in [0.05, 0.1) is 6.61 Å². The van der Waals surface area contributed by atoms with Gasteiger partial charge in [0.1, 0.15) is 0 Å². The van der Waals surface area contributed by atoms with Crippen LogP contribution in [0.2, 0.25) is 0 Å². The first-order chi connectivity index (χ1) is 10.6. The van der Waals surface area contributed by atoms with Gasteiger partial charge in [-0.3, -0.25) is 0 Å². The van der Waals surface area contributed by atoms with Crippen molar-refractivity contribution in [2.75, 3.05) is 12.4 Å². The third-order valence-electron chi connectivity index (χ3n) is 2.83. The molecule has 22 heavy (non-hydrogen) atoms. The van der Waals surface area contributed by atoms with Crippen LogP contribution in [-0.2, 0) is 9.53 Å². The highest BCUT2D eigenvalue weighted by atomic mass is 32.2. The molecule has 0 atom stereocenters. The summed E-state index contributed by atoms with van der Waals surface area (Å²) in [4.78, 5) is 12.5. The fourth-order valence-electron chi connectivity index (χ4n) is 1.66. The van der Waals surface area contributed by atoms with Crippen LogP contribution in [0.3, 0.4) is 0 Å². The zero-order valence-electron chi connectivity index (χ0n) is 13.2. The highest BCUT2D eigenvalue weighted by Crippen LogP contribution is 2.24. The zero-order chi connectivity index (χ0) is 16.4. The minimum absolute atomic E-state index is 0.317. The number of hydrogen-bond donors (Lipinski definition) is 0. The van der Waals surface area contributed by atoms with Gasteiger partial charge in [-0.05, 0) is 48.8 Å². The lowest BCUT2D eigenvalue weighted by Crippen LogP contribution is -1.98. The van der Waals surface area contributed by atoms with Crippen molar-refractivity contribution in [3.05, 3.63) is 72.4 Å². The van der Waals surface area contributed by atoms with E-state index in [1.54, 1.807) is 30.8 Å². The van der Waals surface area contributed by atoms with E-state index in [4.69, 9.17) is 4.74 Å². The van der Waals surface area contributed by atoms with E-state index >= 15 is 0 Å². The number of esters is 1. The van der Waals surface area contributed by atoms with E-state index in [9.17, 15) is 4.79 Å². The van der Waals surface area contributed by atoms with Gasteiger partial charge in [0.2, 0.25) is 0 Å². The van der Waals surface area contributed by atoms with Crippen LogP contribution in [0.4, 0.5) is 0 Å². The van der Waals surface area contributed by atoms with Crippen LogP contribution in [0.5, 0.6) is 0 Å². The molecular weight excluding hydrogens is 292 g/mol. The van der Waals surface area contributed by atoms with E-state index in [0.29, 0.717) is 6.61 Å². The minimum Gasteiger partial charge on any atom is -0.463 e. The largest absolute Gasteiger partial charge is 0.463 e. The molecule has 0 saturated heterocycles. The summed E-state index contributed by atoms with van der Waals surface area (Å²) in [5.74, 6) is 0.497. The molecule has 3 heteroatoms. The van der Waals surface area contributed by atoms with Crippen molar-refractivity contribution in [2.24, 2.45) is 0 Å². The summed E-state index contributed by atoms with van der Waals surface area (Å²) < 4.78 is 4.89. The summed E-state index contributed by atoms with van der Waals surface area (Å²) in [5, 5.41) is 0. The maximum Gasteiger partial charge on any atom is 0.330 e. The van der Waals surface area contributed by atoms with E-state index in [1.165, 1.54) is 6.08 Å². The summed E-state index contributed by atoms with van der Waals surface area (Å²) in [7, 11) is 0. The average Bonchev–Trinajstić information content (AvgIpc) is 2.51. The molecule has 2 nitrogen and oxygen atoms in total. The van der Waals surface area contributed by atoms with Crippen LogP contribution in [0.1, 0.15) is 18.1 Å². The van der Waals surface area contributed by atoms with Crippen molar-refractivity contribution in [3.63, 3.8) is 0 Å². The van der Waals surface area contributed by atoms with Crippen molar-refractivity contribution in [3.8, 4) is 0 Å². The Labute approximate surface area is 137 Å². The zero-order valence-corrected chi connectivity index (χ0v) is 14.0. The number of thioether (sulfide) groups is 1. The van der Waals surface area contributed by atoms with Gasteiger partial charge in [0.25, 0.3) is 0 Å². The smallest absolute Gasteiger partial charge is 0.330 e. The molecule has 0 amide bonds. The Morgan fingerprint density at radius 1 is 1.36 bits per heavy atom. The third kappa shape index (κ3) is 6.64. The van der Waals surface area contributed by atoms with Crippen molar-refractivity contribution >= 4 is 23.8 Å². The number of aryl methyl sites for hydroxylation is 1. The minimum atomic E-state index is -0.317. The van der Waals surface area contributed by atoms with Gasteiger partial charge in [-0.1, -0.05) is 37.5 Å². The second-order valence-electron chi connectivity index (χ2n) is 4.65. The fraction of sp³-hybridized carbons (Fsp3) is 0.211. The molecule has 1 aromatic rings. The number of rotatable bonds is 8. The average molecular weight is 314 g/mol. The Kier molecular flexibility index (Phi) is 8.08. The molecule has 0 heterocycles. The standard InChI is InChI=1S/C19H22O2S/c1-5-7-8-15(3)14-22-18-11-9-16(4)17(13-18)10-12-19(20)21-6-2/h5,7-13H,1,3,6,14H2,2,4H3/b8-7-,12-10+. The van der Waals surface area contributed by atoms with E-state index in [-0.39, 0.29) is 5.97 Å². The SMILES string of the molecule is C=C/C=C\C(=C)CSc1ccc(C)c(/C=C/C(=O)OCC)c1. The fourth-order valence-corrected chi connectivity index (χ4v) is 2.49. The highest BCUT2D eigenvalue weighted by molar-refractivity contribution is 7.99. The number of hydrogen-bond acceptors (Lipinski definition) is 3. The molecule has 0 N–H and O–H groups in total. The van der Waals surface area contributed by atoms with Crippen molar-refractivity contribution in [1.82, 2.24) is 0 Å². The first-order valence-corrected chi connectivity index (χ1v) is 8.10. The first-order valence-electron chi connectivity index (χ1n) is 7.12. The molecule has 0 bridgehead atoms. The summed E-state index contributed by atoms with van der Waals surface area (Å²) in [6.45, 7) is 11.8. The number of benzene rings is 1. The maximum absolute atomic E-state index is 11.4.